The molecule has 112 valence electrons. The average molecular weight is 288 g/mol. The van der Waals surface area contributed by atoms with E-state index in [9.17, 15) is 18.0 Å². The summed E-state index contributed by atoms with van der Waals surface area (Å²) in [6.45, 7) is 5.97. The van der Waals surface area contributed by atoms with Crippen LogP contribution in [0, 0.1) is 22.9 Å². The van der Waals surface area contributed by atoms with Crippen molar-refractivity contribution in [3.05, 3.63) is 35.1 Å². The summed E-state index contributed by atoms with van der Waals surface area (Å²) >= 11 is 0. The molecule has 3 nitrogen and oxygen atoms in total. The number of rotatable bonds is 4. The molecule has 1 aromatic carbocycles. The topological polar surface area (TPSA) is 55.1 Å². The molecule has 20 heavy (non-hydrogen) atoms. The van der Waals surface area contributed by atoms with Crippen LogP contribution >= 0.6 is 0 Å². The van der Waals surface area contributed by atoms with E-state index in [1.807, 2.05) is 20.8 Å². The maximum Gasteiger partial charge on any atom is 0.257 e. The second-order valence-electron chi connectivity index (χ2n) is 5.71. The molecule has 0 radical (unpaired) electrons. The Bertz CT molecular complexity index is 475. The summed E-state index contributed by atoms with van der Waals surface area (Å²) < 4.78 is 39.9. The van der Waals surface area contributed by atoms with Gasteiger partial charge in [-0.25, -0.2) is 13.2 Å². The van der Waals surface area contributed by atoms with Gasteiger partial charge in [-0.05, 0) is 18.4 Å². The van der Waals surface area contributed by atoms with Gasteiger partial charge in [0.15, 0.2) is 0 Å². The molecular weight excluding hydrogens is 269 g/mol. The van der Waals surface area contributed by atoms with Crippen LogP contribution in [0.1, 0.15) is 37.6 Å². The van der Waals surface area contributed by atoms with Gasteiger partial charge in [0.2, 0.25) is 0 Å². The van der Waals surface area contributed by atoms with Crippen LogP contribution in [0.3, 0.4) is 0 Å². The molecule has 0 bridgehead atoms. The number of halogens is 3. The lowest BCUT2D eigenvalue weighted by molar-refractivity contribution is 0.0890. The highest BCUT2D eigenvalue weighted by Gasteiger charge is 2.28. The van der Waals surface area contributed by atoms with Gasteiger partial charge in [0.1, 0.15) is 23.0 Å². The van der Waals surface area contributed by atoms with Gasteiger partial charge in [0.05, 0.1) is 0 Å². The van der Waals surface area contributed by atoms with Crippen LogP contribution in [-0.2, 0) is 0 Å². The first-order chi connectivity index (χ1) is 9.16. The summed E-state index contributed by atoms with van der Waals surface area (Å²) in [6, 6.07) is 0.615. The fourth-order valence-corrected chi connectivity index (χ4v) is 1.88. The molecule has 1 rings (SSSR count). The summed E-state index contributed by atoms with van der Waals surface area (Å²) in [5.41, 5.74) is 4.37. The second-order valence-corrected chi connectivity index (χ2v) is 5.71. The number of hydrogen-bond acceptors (Lipinski definition) is 2. The molecule has 0 spiro atoms. The van der Waals surface area contributed by atoms with Crippen LogP contribution in [0.5, 0.6) is 0 Å². The Balaban J connectivity index is 3.01. The SMILES string of the molecule is CC(C)(C)C(CCN)NC(=O)c1c(F)cc(F)cc1F. The van der Waals surface area contributed by atoms with Crippen molar-refractivity contribution < 1.29 is 18.0 Å². The minimum absolute atomic E-state index is 0.317. The van der Waals surface area contributed by atoms with Crippen LogP contribution < -0.4 is 11.1 Å². The van der Waals surface area contributed by atoms with Crippen molar-refractivity contribution >= 4 is 5.91 Å². The predicted molar refractivity (Wildman–Crippen MR) is 70.7 cm³/mol. The zero-order chi connectivity index (χ0) is 15.5. The maximum atomic E-state index is 13.5. The van der Waals surface area contributed by atoms with Crippen molar-refractivity contribution in [3.8, 4) is 0 Å². The molecule has 1 unspecified atom stereocenters. The highest BCUT2D eigenvalue weighted by Crippen LogP contribution is 2.23. The summed E-state index contributed by atoms with van der Waals surface area (Å²) in [5, 5.41) is 2.55. The first-order valence-electron chi connectivity index (χ1n) is 6.32. The fraction of sp³-hybridized carbons (Fsp3) is 0.500. The fourth-order valence-electron chi connectivity index (χ4n) is 1.88. The Hall–Kier alpha value is -1.56. The van der Waals surface area contributed by atoms with E-state index in [1.54, 1.807) is 0 Å². The smallest absolute Gasteiger partial charge is 0.257 e. The number of amides is 1. The van der Waals surface area contributed by atoms with E-state index >= 15 is 0 Å². The van der Waals surface area contributed by atoms with Gasteiger partial charge in [-0.1, -0.05) is 20.8 Å². The molecule has 0 saturated carbocycles. The third-order valence-corrected chi connectivity index (χ3v) is 3.04. The molecule has 1 aromatic rings. The number of nitrogens with one attached hydrogen (secondary N) is 1. The molecular formula is C14H19F3N2O. The molecule has 0 aromatic heterocycles. The quantitative estimate of drug-likeness (QED) is 0.894. The molecule has 0 aliphatic carbocycles. The molecule has 1 amide bonds. The van der Waals surface area contributed by atoms with E-state index in [-0.39, 0.29) is 11.5 Å². The minimum atomic E-state index is -1.22. The Kier molecular flexibility index (Phi) is 5.16. The van der Waals surface area contributed by atoms with Crippen LogP contribution in [0.25, 0.3) is 0 Å². The van der Waals surface area contributed by atoms with E-state index < -0.39 is 28.9 Å². The van der Waals surface area contributed by atoms with Crippen molar-refractivity contribution in [2.24, 2.45) is 11.1 Å². The van der Waals surface area contributed by atoms with Gasteiger partial charge in [-0.15, -0.1) is 0 Å². The standard InChI is InChI=1S/C14H19F3N2O/c1-14(2,3)11(4-5-18)19-13(20)12-9(16)6-8(15)7-10(12)17/h6-7,11H,4-5,18H2,1-3H3,(H,19,20). The lowest BCUT2D eigenvalue weighted by Gasteiger charge is -2.31. The summed E-state index contributed by atoms with van der Waals surface area (Å²) in [6.07, 6.45) is 0.472. The van der Waals surface area contributed by atoms with Gasteiger partial charge in [-0.2, -0.15) is 0 Å². The molecule has 0 fully saturated rings. The number of carbonyl (C=O) groups is 1. The van der Waals surface area contributed by atoms with Crippen molar-refractivity contribution in [1.82, 2.24) is 5.32 Å². The van der Waals surface area contributed by atoms with Gasteiger partial charge >= 0.3 is 0 Å². The first kappa shape index (κ1) is 16.5. The predicted octanol–water partition coefficient (Wildman–Crippen LogP) is 2.60. The van der Waals surface area contributed by atoms with Gasteiger partial charge in [0, 0.05) is 18.2 Å². The van der Waals surface area contributed by atoms with Crippen LogP contribution in [0.4, 0.5) is 13.2 Å². The zero-order valence-corrected chi connectivity index (χ0v) is 11.8. The third-order valence-electron chi connectivity index (χ3n) is 3.04. The van der Waals surface area contributed by atoms with E-state index in [1.165, 1.54) is 0 Å². The number of nitrogens with two attached hydrogens (primary N) is 1. The average Bonchev–Trinajstić information content (AvgIpc) is 2.25. The third kappa shape index (κ3) is 3.96. The van der Waals surface area contributed by atoms with E-state index in [4.69, 9.17) is 5.73 Å². The highest BCUT2D eigenvalue weighted by atomic mass is 19.1. The zero-order valence-electron chi connectivity index (χ0n) is 11.8. The maximum absolute atomic E-state index is 13.5. The first-order valence-corrected chi connectivity index (χ1v) is 6.32. The van der Waals surface area contributed by atoms with E-state index in [0.29, 0.717) is 25.1 Å². The Morgan fingerprint density at radius 1 is 1.25 bits per heavy atom. The number of benzene rings is 1. The molecule has 1 atom stereocenters. The van der Waals surface area contributed by atoms with Crippen LogP contribution in [0.2, 0.25) is 0 Å². The Labute approximate surface area is 116 Å². The summed E-state index contributed by atoms with van der Waals surface area (Å²) in [5.74, 6) is -4.42. The summed E-state index contributed by atoms with van der Waals surface area (Å²) in [7, 11) is 0. The van der Waals surface area contributed by atoms with Gasteiger partial charge in [0.25, 0.3) is 5.91 Å². The minimum Gasteiger partial charge on any atom is -0.349 e. The lowest BCUT2D eigenvalue weighted by Crippen LogP contribution is -2.45. The molecule has 3 N–H and O–H groups in total. The largest absolute Gasteiger partial charge is 0.349 e. The second kappa shape index (κ2) is 6.26. The van der Waals surface area contributed by atoms with Crippen molar-refractivity contribution in [3.63, 3.8) is 0 Å². The normalized spacial score (nSPS) is 13.2. The molecule has 0 aliphatic heterocycles. The van der Waals surface area contributed by atoms with Crippen molar-refractivity contribution in [2.45, 2.75) is 33.2 Å². The van der Waals surface area contributed by atoms with Crippen LogP contribution in [0.15, 0.2) is 12.1 Å². The molecule has 0 saturated heterocycles. The Morgan fingerprint density at radius 2 is 1.75 bits per heavy atom. The lowest BCUT2D eigenvalue weighted by atomic mass is 9.84. The van der Waals surface area contributed by atoms with Crippen LogP contribution in [-0.4, -0.2) is 18.5 Å². The van der Waals surface area contributed by atoms with E-state index in [0.717, 1.165) is 0 Å². The molecule has 0 heterocycles. The highest BCUT2D eigenvalue weighted by molar-refractivity contribution is 5.95. The molecule has 0 aliphatic rings. The Morgan fingerprint density at radius 3 is 2.15 bits per heavy atom. The van der Waals surface area contributed by atoms with Crippen molar-refractivity contribution in [2.75, 3.05) is 6.54 Å². The number of hydrogen-bond donors (Lipinski definition) is 2. The monoisotopic (exact) mass is 288 g/mol. The summed E-state index contributed by atoms with van der Waals surface area (Å²) in [4.78, 5) is 12.0. The van der Waals surface area contributed by atoms with E-state index in [2.05, 4.69) is 5.32 Å². The van der Waals surface area contributed by atoms with Gasteiger partial charge in [-0.3, -0.25) is 4.79 Å². The number of carbonyl (C=O) groups excluding carboxylic acids is 1. The van der Waals surface area contributed by atoms with Crippen molar-refractivity contribution in [1.29, 1.82) is 0 Å². The molecule has 6 heteroatoms. The van der Waals surface area contributed by atoms with Gasteiger partial charge < -0.3 is 11.1 Å².